The van der Waals surface area contributed by atoms with Crippen LogP contribution in [0.25, 0.3) is 0 Å². The molecule has 0 saturated heterocycles. The lowest BCUT2D eigenvalue weighted by Crippen LogP contribution is -2.38. The van der Waals surface area contributed by atoms with E-state index in [1.54, 1.807) is 24.3 Å². The molecule has 2 aromatic carbocycles. The van der Waals surface area contributed by atoms with Gasteiger partial charge in [-0.05, 0) is 30.7 Å². The van der Waals surface area contributed by atoms with Crippen molar-refractivity contribution in [2.24, 2.45) is 0 Å². The molecule has 22 heavy (non-hydrogen) atoms. The lowest BCUT2D eigenvalue weighted by Gasteiger charge is -2.14. The average molecular weight is 317 g/mol. The van der Waals surface area contributed by atoms with Crippen molar-refractivity contribution < 1.29 is 9.59 Å². The van der Waals surface area contributed by atoms with Crippen molar-refractivity contribution >= 4 is 23.4 Å². The third-order valence-corrected chi connectivity index (χ3v) is 3.41. The van der Waals surface area contributed by atoms with Gasteiger partial charge in [-0.2, -0.15) is 0 Å². The fraction of sp³-hybridized carbons (Fsp3) is 0.176. The maximum Gasteiger partial charge on any atom is 0.251 e. The van der Waals surface area contributed by atoms with E-state index in [1.807, 2.05) is 37.3 Å². The summed E-state index contributed by atoms with van der Waals surface area (Å²) >= 11 is 5.83. The summed E-state index contributed by atoms with van der Waals surface area (Å²) in [6.07, 6.45) is 0. The molecule has 0 bridgehead atoms. The number of hydrogen-bond acceptors (Lipinski definition) is 2. The normalized spacial score (nSPS) is 11.5. The van der Waals surface area contributed by atoms with Crippen molar-refractivity contribution in [3.63, 3.8) is 0 Å². The average Bonchev–Trinajstić information content (AvgIpc) is 2.53. The van der Waals surface area contributed by atoms with E-state index in [4.69, 9.17) is 11.6 Å². The Morgan fingerprint density at radius 3 is 2.50 bits per heavy atom. The number of amides is 2. The van der Waals surface area contributed by atoms with Gasteiger partial charge in [0.2, 0.25) is 5.91 Å². The summed E-state index contributed by atoms with van der Waals surface area (Å²) in [5.41, 5.74) is 1.44. The lowest BCUT2D eigenvalue weighted by molar-refractivity contribution is -0.120. The Hall–Kier alpha value is -2.33. The second kappa shape index (κ2) is 7.61. The van der Waals surface area contributed by atoms with E-state index in [9.17, 15) is 9.59 Å². The highest BCUT2D eigenvalue weighted by atomic mass is 35.5. The molecule has 5 heteroatoms. The highest BCUT2D eigenvalue weighted by Gasteiger charge is 2.11. The minimum Gasteiger partial charge on any atom is -0.348 e. The van der Waals surface area contributed by atoms with Crippen LogP contribution in [0.15, 0.2) is 54.6 Å². The molecular weight excluding hydrogens is 300 g/mol. The van der Waals surface area contributed by atoms with E-state index in [2.05, 4.69) is 10.6 Å². The molecule has 0 radical (unpaired) electrons. The molecule has 0 aliphatic heterocycles. The lowest BCUT2D eigenvalue weighted by atomic mass is 10.1. The van der Waals surface area contributed by atoms with E-state index >= 15 is 0 Å². The Morgan fingerprint density at radius 2 is 1.82 bits per heavy atom. The van der Waals surface area contributed by atoms with Crippen molar-refractivity contribution in [3.8, 4) is 0 Å². The minimum absolute atomic E-state index is 0.0808. The molecule has 0 unspecified atom stereocenters. The van der Waals surface area contributed by atoms with Gasteiger partial charge in [-0.1, -0.05) is 48.0 Å². The van der Waals surface area contributed by atoms with Crippen LogP contribution in [0.5, 0.6) is 0 Å². The molecule has 2 N–H and O–H groups in total. The molecule has 2 amide bonds. The Labute approximate surface area is 134 Å². The Morgan fingerprint density at radius 1 is 1.09 bits per heavy atom. The van der Waals surface area contributed by atoms with Crippen LogP contribution in [0, 0.1) is 0 Å². The fourth-order valence-corrected chi connectivity index (χ4v) is 2.20. The van der Waals surface area contributed by atoms with Crippen molar-refractivity contribution in [2.75, 3.05) is 6.54 Å². The van der Waals surface area contributed by atoms with E-state index in [0.717, 1.165) is 5.56 Å². The van der Waals surface area contributed by atoms with Gasteiger partial charge in [-0.25, -0.2) is 0 Å². The number of nitrogens with one attached hydrogen (secondary N) is 2. The summed E-state index contributed by atoms with van der Waals surface area (Å²) in [5, 5.41) is 5.89. The quantitative estimate of drug-likeness (QED) is 0.891. The Bertz CT molecular complexity index is 659. The number of carbonyl (C=O) groups excluding carboxylic acids is 2. The van der Waals surface area contributed by atoms with Gasteiger partial charge < -0.3 is 10.6 Å². The van der Waals surface area contributed by atoms with Gasteiger partial charge in [0.25, 0.3) is 5.91 Å². The Kier molecular flexibility index (Phi) is 5.55. The third kappa shape index (κ3) is 4.60. The summed E-state index contributed by atoms with van der Waals surface area (Å²) in [4.78, 5) is 23.8. The summed E-state index contributed by atoms with van der Waals surface area (Å²) in [6, 6.07) is 16.1. The van der Waals surface area contributed by atoms with Crippen LogP contribution in [0.2, 0.25) is 5.02 Å². The van der Waals surface area contributed by atoms with E-state index < -0.39 is 0 Å². The second-order valence-corrected chi connectivity index (χ2v) is 5.33. The van der Waals surface area contributed by atoms with Gasteiger partial charge in [-0.15, -0.1) is 0 Å². The van der Waals surface area contributed by atoms with E-state index in [-0.39, 0.29) is 24.4 Å². The van der Waals surface area contributed by atoms with Gasteiger partial charge in [0.05, 0.1) is 12.6 Å². The number of carbonyl (C=O) groups is 2. The largest absolute Gasteiger partial charge is 0.348 e. The number of halogens is 1. The molecule has 0 aromatic heterocycles. The van der Waals surface area contributed by atoms with Crippen molar-refractivity contribution in [1.82, 2.24) is 10.6 Å². The van der Waals surface area contributed by atoms with Crippen LogP contribution in [0.4, 0.5) is 0 Å². The summed E-state index contributed by atoms with van der Waals surface area (Å²) in [5.74, 6) is -0.572. The zero-order chi connectivity index (χ0) is 15.9. The topological polar surface area (TPSA) is 58.2 Å². The molecular formula is C17H17ClN2O2. The number of rotatable bonds is 5. The van der Waals surface area contributed by atoms with Crippen LogP contribution in [0.3, 0.4) is 0 Å². The Balaban J connectivity index is 1.84. The van der Waals surface area contributed by atoms with Crippen molar-refractivity contribution in [1.29, 1.82) is 0 Å². The number of benzene rings is 2. The van der Waals surface area contributed by atoms with Gasteiger partial charge in [-0.3, -0.25) is 9.59 Å². The summed E-state index contributed by atoms with van der Waals surface area (Å²) < 4.78 is 0. The molecule has 114 valence electrons. The molecule has 2 aromatic rings. The highest BCUT2D eigenvalue weighted by Crippen LogP contribution is 2.11. The van der Waals surface area contributed by atoms with Gasteiger partial charge in [0, 0.05) is 10.6 Å². The third-order valence-electron chi connectivity index (χ3n) is 3.17. The maximum absolute atomic E-state index is 11.9. The first kappa shape index (κ1) is 16.0. The summed E-state index contributed by atoms with van der Waals surface area (Å²) in [7, 11) is 0. The zero-order valence-electron chi connectivity index (χ0n) is 12.2. The van der Waals surface area contributed by atoms with Gasteiger partial charge >= 0.3 is 0 Å². The van der Waals surface area contributed by atoms with Crippen LogP contribution < -0.4 is 10.6 Å². The first-order chi connectivity index (χ1) is 10.6. The number of hydrogen-bond donors (Lipinski definition) is 2. The van der Waals surface area contributed by atoms with Crippen molar-refractivity contribution in [3.05, 3.63) is 70.7 Å². The fourth-order valence-electron chi connectivity index (χ4n) is 2.01. The zero-order valence-corrected chi connectivity index (χ0v) is 12.9. The van der Waals surface area contributed by atoms with Crippen LogP contribution in [-0.2, 0) is 4.79 Å². The van der Waals surface area contributed by atoms with Crippen molar-refractivity contribution in [2.45, 2.75) is 13.0 Å². The summed E-state index contributed by atoms with van der Waals surface area (Å²) in [6.45, 7) is 1.81. The van der Waals surface area contributed by atoms with Crippen LogP contribution in [0.1, 0.15) is 28.9 Å². The molecule has 0 aliphatic rings. The first-order valence-electron chi connectivity index (χ1n) is 6.94. The molecule has 2 rings (SSSR count). The SMILES string of the molecule is C[C@@H](NC(=O)CNC(=O)c1cccc(Cl)c1)c1ccccc1. The second-order valence-electron chi connectivity index (χ2n) is 4.89. The molecule has 0 saturated carbocycles. The minimum atomic E-state index is -0.329. The maximum atomic E-state index is 11.9. The first-order valence-corrected chi connectivity index (χ1v) is 7.32. The smallest absolute Gasteiger partial charge is 0.251 e. The molecule has 0 spiro atoms. The molecule has 4 nitrogen and oxygen atoms in total. The van der Waals surface area contributed by atoms with Gasteiger partial charge in [0.15, 0.2) is 0 Å². The standard InChI is InChI=1S/C17H17ClN2O2/c1-12(13-6-3-2-4-7-13)20-16(21)11-19-17(22)14-8-5-9-15(18)10-14/h2-10,12H,11H2,1H3,(H,19,22)(H,20,21)/t12-/m1/s1. The molecule has 0 fully saturated rings. The molecule has 0 aliphatic carbocycles. The highest BCUT2D eigenvalue weighted by molar-refractivity contribution is 6.30. The predicted molar refractivity (Wildman–Crippen MR) is 86.8 cm³/mol. The van der Waals surface area contributed by atoms with E-state index in [0.29, 0.717) is 10.6 Å². The molecule has 1 atom stereocenters. The predicted octanol–water partition coefficient (Wildman–Crippen LogP) is 2.95. The van der Waals surface area contributed by atoms with Gasteiger partial charge in [0.1, 0.15) is 0 Å². The van der Waals surface area contributed by atoms with Crippen LogP contribution >= 0.6 is 11.6 Å². The van der Waals surface area contributed by atoms with Crippen LogP contribution in [-0.4, -0.2) is 18.4 Å². The van der Waals surface area contributed by atoms with E-state index in [1.165, 1.54) is 0 Å². The molecule has 0 heterocycles. The monoisotopic (exact) mass is 316 g/mol.